The lowest BCUT2D eigenvalue weighted by atomic mass is 10.1. The van der Waals surface area contributed by atoms with E-state index in [-0.39, 0.29) is 5.69 Å². The molecule has 1 aromatic carbocycles. The van der Waals surface area contributed by atoms with Crippen molar-refractivity contribution < 1.29 is 17.5 Å². The molecule has 0 amide bonds. The molecule has 0 radical (unpaired) electrons. The van der Waals surface area contributed by atoms with Gasteiger partial charge in [0.15, 0.2) is 0 Å². The van der Waals surface area contributed by atoms with Gasteiger partial charge in [-0.15, -0.1) is 0 Å². The summed E-state index contributed by atoms with van der Waals surface area (Å²) < 4.78 is 26.8. The molecule has 1 aliphatic rings. The molecule has 0 saturated carbocycles. The van der Waals surface area contributed by atoms with E-state index in [0.717, 1.165) is 17.4 Å². The van der Waals surface area contributed by atoms with E-state index in [2.05, 4.69) is 0 Å². The lowest BCUT2D eigenvalue weighted by Gasteiger charge is -2.07. The maximum absolute atomic E-state index is 11.0. The maximum atomic E-state index is 11.0. The minimum absolute atomic E-state index is 0.0174. The highest BCUT2D eigenvalue weighted by molar-refractivity contribution is 7.86. The highest BCUT2D eigenvalue weighted by Crippen LogP contribution is 2.28. The van der Waals surface area contributed by atoms with Gasteiger partial charge < -0.3 is 0 Å². The molecule has 6 nitrogen and oxygen atoms in total. The van der Waals surface area contributed by atoms with Crippen molar-refractivity contribution in [1.29, 1.82) is 0 Å². The minimum Gasteiger partial charge on any atom is -0.266 e. The Morgan fingerprint density at radius 1 is 1.35 bits per heavy atom. The zero-order valence-electron chi connectivity index (χ0n) is 9.12. The smallest absolute Gasteiger partial charge is 0.266 e. The van der Waals surface area contributed by atoms with Crippen LogP contribution in [0.15, 0.2) is 18.2 Å². The maximum Gasteiger partial charge on any atom is 0.269 e. The van der Waals surface area contributed by atoms with Crippen LogP contribution in [0.25, 0.3) is 0 Å². The third-order valence-electron chi connectivity index (χ3n) is 2.61. The van der Waals surface area contributed by atoms with Gasteiger partial charge in [0, 0.05) is 25.0 Å². The Labute approximate surface area is 98.5 Å². The molecule has 1 aliphatic carbocycles. The van der Waals surface area contributed by atoms with Crippen molar-refractivity contribution in [1.82, 2.24) is 0 Å². The number of nitro benzene ring substituents is 1. The molecule has 0 N–H and O–H groups in total. The standard InChI is InChI=1S/C10H11NO5S/c1-17(14,15)16-10-5-7-2-3-9(11(12)13)4-8(7)6-10/h2-4,10H,5-6H2,1H3/t10-/m0/s1. The number of benzene rings is 1. The Kier molecular flexibility index (Phi) is 2.88. The van der Waals surface area contributed by atoms with Crippen LogP contribution in [0.3, 0.4) is 0 Å². The average molecular weight is 257 g/mol. The summed E-state index contributed by atoms with van der Waals surface area (Å²) in [4.78, 5) is 10.1. The van der Waals surface area contributed by atoms with Crippen molar-refractivity contribution in [3.05, 3.63) is 39.4 Å². The number of hydrogen-bond donors (Lipinski definition) is 0. The predicted octanol–water partition coefficient (Wildman–Crippen LogP) is 1.04. The first kappa shape index (κ1) is 12.0. The third-order valence-corrected chi connectivity index (χ3v) is 3.23. The Morgan fingerprint density at radius 3 is 2.59 bits per heavy atom. The van der Waals surface area contributed by atoms with Crippen LogP contribution in [0.2, 0.25) is 0 Å². The average Bonchev–Trinajstić information content (AvgIpc) is 2.54. The first-order chi connectivity index (χ1) is 7.85. The van der Waals surface area contributed by atoms with Crippen LogP contribution < -0.4 is 0 Å². The van der Waals surface area contributed by atoms with Crippen molar-refractivity contribution in [2.24, 2.45) is 0 Å². The molecule has 1 atom stereocenters. The second-order valence-corrected chi connectivity index (χ2v) is 5.64. The van der Waals surface area contributed by atoms with Crippen LogP contribution >= 0.6 is 0 Å². The first-order valence-corrected chi connectivity index (χ1v) is 6.81. The summed E-state index contributed by atoms with van der Waals surface area (Å²) >= 11 is 0. The van der Waals surface area contributed by atoms with Crippen LogP contribution in [0.5, 0.6) is 0 Å². The zero-order chi connectivity index (χ0) is 12.6. The van der Waals surface area contributed by atoms with Crippen molar-refractivity contribution in [2.75, 3.05) is 6.26 Å². The van der Waals surface area contributed by atoms with Crippen LogP contribution in [-0.2, 0) is 27.1 Å². The molecule has 0 heterocycles. The number of non-ortho nitro benzene ring substituents is 1. The van der Waals surface area contributed by atoms with Crippen molar-refractivity contribution in [3.63, 3.8) is 0 Å². The number of fused-ring (bicyclic) bond motifs is 1. The van der Waals surface area contributed by atoms with E-state index in [1.807, 2.05) is 0 Å². The highest BCUT2D eigenvalue weighted by atomic mass is 32.2. The fraction of sp³-hybridized carbons (Fsp3) is 0.400. The van der Waals surface area contributed by atoms with E-state index >= 15 is 0 Å². The number of nitrogens with zero attached hydrogens (tertiary/aromatic N) is 1. The molecular weight excluding hydrogens is 246 g/mol. The van der Waals surface area contributed by atoms with Crippen LogP contribution in [-0.4, -0.2) is 25.7 Å². The number of hydrogen-bond acceptors (Lipinski definition) is 5. The van der Waals surface area contributed by atoms with Gasteiger partial charge in [-0.1, -0.05) is 6.07 Å². The molecule has 0 fully saturated rings. The molecule has 7 heteroatoms. The molecule has 0 bridgehead atoms. The summed E-state index contributed by atoms with van der Waals surface area (Å²) in [5.74, 6) is 0. The Bertz CT molecular complexity index is 566. The van der Waals surface area contributed by atoms with Gasteiger partial charge >= 0.3 is 0 Å². The molecule has 1 aromatic rings. The molecule has 0 spiro atoms. The minimum atomic E-state index is -3.49. The summed E-state index contributed by atoms with van der Waals surface area (Å²) in [6.07, 6.45) is 1.42. The molecule has 0 unspecified atom stereocenters. The zero-order valence-corrected chi connectivity index (χ0v) is 9.94. The van der Waals surface area contributed by atoms with Gasteiger partial charge in [-0.05, 0) is 11.1 Å². The second kappa shape index (κ2) is 4.08. The summed E-state index contributed by atoms with van der Waals surface area (Å²) in [6, 6.07) is 4.54. The number of rotatable bonds is 3. The fourth-order valence-corrected chi connectivity index (χ4v) is 2.62. The Morgan fingerprint density at radius 2 is 2.00 bits per heavy atom. The monoisotopic (exact) mass is 257 g/mol. The van der Waals surface area contributed by atoms with Gasteiger partial charge in [-0.25, -0.2) is 0 Å². The summed E-state index contributed by atoms with van der Waals surface area (Å²) in [5, 5.41) is 10.6. The highest BCUT2D eigenvalue weighted by Gasteiger charge is 2.26. The lowest BCUT2D eigenvalue weighted by Crippen LogP contribution is -2.17. The SMILES string of the molecule is CS(=O)(=O)O[C@H]1Cc2ccc([N+](=O)[O-])cc2C1. The Balaban J connectivity index is 2.19. The van der Waals surface area contributed by atoms with E-state index in [9.17, 15) is 18.5 Å². The van der Waals surface area contributed by atoms with E-state index in [4.69, 9.17) is 4.18 Å². The van der Waals surface area contributed by atoms with E-state index < -0.39 is 21.1 Å². The molecular formula is C10H11NO5S. The molecule has 92 valence electrons. The molecule has 2 rings (SSSR count). The molecule has 0 aromatic heterocycles. The van der Waals surface area contributed by atoms with Crippen LogP contribution in [0.1, 0.15) is 11.1 Å². The van der Waals surface area contributed by atoms with Crippen molar-refractivity contribution in [2.45, 2.75) is 18.9 Å². The normalized spacial score (nSPS) is 19.0. The van der Waals surface area contributed by atoms with Crippen molar-refractivity contribution in [3.8, 4) is 0 Å². The second-order valence-electron chi connectivity index (χ2n) is 4.04. The van der Waals surface area contributed by atoms with Gasteiger partial charge in [-0.2, -0.15) is 8.42 Å². The van der Waals surface area contributed by atoms with Crippen LogP contribution in [0.4, 0.5) is 5.69 Å². The summed E-state index contributed by atoms with van der Waals surface area (Å²) in [6.45, 7) is 0. The summed E-state index contributed by atoms with van der Waals surface area (Å²) in [5.41, 5.74) is 1.71. The van der Waals surface area contributed by atoms with E-state index in [0.29, 0.717) is 12.8 Å². The van der Waals surface area contributed by atoms with Crippen LogP contribution in [0, 0.1) is 10.1 Å². The first-order valence-electron chi connectivity index (χ1n) is 4.99. The number of nitro groups is 1. The van der Waals surface area contributed by atoms with Gasteiger partial charge in [0.1, 0.15) is 0 Å². The van der Waals surface area contributed by atoms with Crippen molar-refractivity contribution >= 4 is 15.8 Å². The van der Waals surface area contributed by atoms with Gasteiger partial charge in [0.2, 0.25) is 0 Å². The molecule has 0 aliphatic heterocycles. The molecule has 0 saturated heterocycles. The molecule has 17 heavy (non-hydrogen) atoms. The Hall–Kier alpha value is -1.47. The predicted molar refractivity (Wildman–Crippen MR) is 60.2 cm³/mol. The van der Waals surface area contributed by atoms with Gasteiger partial charge in [0.25, 0.3) is 15.8 Å². The summed E-state index contributed by atoms with van der Waals surface area (Å²) in [7, 11) is -3.49. The largest absolute Gasteiger partial charge is 0.269 e. The fourth-order valence-electron chi connectivity index (χ4n) is 1.99. The quantitative estimate of drug-likeness (QED) is 0.458. The van der Waals surface area contributed by atoms with E-state index in [1.54, 1.807) is 6.07 Å². The van der Waals surface area contributed by atoms with Gasteiger partial charge in [-0.3, -0.25) is 14.3 Å². The van der Waals surface area contributed by atoms with E-state index in [1.165, 1.54) is 12.1 Å². The lowest BCUT2D eigenvalue weighted by molar-refractivity contribution is -0.384. The van der Waals surface area contributed by atoms with Gasteiger partial charge in [0.05, 0.1) is 17.3 Å². The third kappa shape index (κ3) is 2.80. The topological polar surface area (TPSA) is 86.5 Å².